The molecule has 0 atom stereocenters. The van der Waals surface area contributed by atoms with Gasteiger partial charge in [-0.1, -0.05) is 35.5 Å². The van der Waals surface area contributed by atoms with Gasteiger partial charge in [0.2, 0.25) is 0 Å². The highest BCUT2D eigenvalue weighted by molar-refractivity contribution is 6.13. The number of para-hydroxylation sites is 2. The molecule has 0 aliphatic rings. The number of hydrogen-bond donors (Lipinski definition) is 1. The van der Waals surface area contributed by atoms with E-state index in [1.165, 1.54) is 0 Å². The van der Waals surface area contributed by atoms with Crippen LogP contribution in [-0.4, -0.2) is 45.5 Å². The van der Waals surface area contributed by atoms with E-state index in [0.717, 1.165) is 63.9 Å². The summed E-state index contributed by atoms with van der Waals surface area (Å²) in [6.07, 6.45) is 3.04. The fraction of sp³-hybridized carbons (Fsp3) is 0.261. The van der Waals surface area contributed by atoms with Gasteiger partial charge in [0.05, 0.1) is 23.9 Å². The minimum absolute atomic E-state index is 0.563. The molecule has 0 spiro atoms. The van der Waals surface area contributed by atoms with Crippen molar-refractivity contribution in [2.75, 3.05) is 26.0 Å². The molecule has 0 aliphatic heterocycles. The molecule has 0 bridgehead atoms. The third kappa shape index (κ3) is 3.48. The Bertz CT molecular complexity index is 1320. The zero-order chi connectivity index (χ0) is 20.5. The molecule has 0 unspecified atom stereocenters. The number of nitrogens with one attached hydrogen (secondary N) is 1. The molecule has 0 fully saturated rings. The molecule has 1 N–H and O–H groups in total. The highest BCUT2D eigenvalue weighted by atomic mass is 16.3. The first-order valence-corrected chi connectivity index (χ1v) is 10.2. The van der Waals surface area contributed by atoms with E-state index in [1.54, 1.807) is 0 Å². The highest BCUT2D eigenvalue weighted by Crippen LogP contribution is 2.36. The van der Waals surface area contributed by atoms with Gasteiger partial charge in [-0.15, -0.1) is 5.10 Å². The Morgan fingerprint density at radius 3 is 2.70 bits per heavy atom. The molecule has 5 aromatic rings. The third-order valence-electron chi connectivity index (χ3n) is 5.23. The van der Waals surface area contributed by atoms with E-state index in [9.17, 15) is 0 Å². The molecule has 3 heterocycles. The molecule has 0 amide bonds. The van der Waals surface area contributed by atoms with Crippen LogP contribution in [0.4, 0.5) is 5.69 Å². The number of fused-ring (bicyclic) bond motifs is 4. The molecule has 152 valence electrons. The molecule has 0 radical (unpaired) electrons. The predicted molar refractivity (Wildman–Crippen MR) is 120 cm³/mol. The number of hydrogen-bond acceptors (Lipinski definition) is 6. The molecule has 5 rings (SSSR count). The molecule has 0 aliphatic carbocycles. The molecular formula is C23H24N6O. The van der Waals surface area contributed by atoms with Crippen molar-refractivity contribution in [1.29, 1.82) is 0 Å². The minimum atomic E-state index is 0.563. The minimum Gasteiger partial charge on any atom is -0.452 e. The second-order valence-corrected chi connectivity index (χ2v) is 7.76. The summed E-state index contributed by atoms with van der Waals surface area (Å²) < 4.78 is 8.09. The maximum absolute atomic E-state index is 6.19. The van der Waals surface area contributed by atoms with E-state index < -0.39 is 0 Å². The van der Waals surface area contributed by atoms with Crippen LogP contribution in [0.1, 0.15) is 12.1 Å². The summed E-state index contributed by atoms with van der Waals surface area (Å²) >= 11 is 0. The SMILES string of the molecule is CN(C)CCCn1cc(CNc2c3ccccc3nc3c2oc2ccccc23)nn1. The molecule has 7 heteroatoms. The molecule has 30 heavy (non-hydrogen) atoms. The van der Waals surface area contributed by atoms with E-state index in [-0.39, 0.29) is 0 Å². The average Bonchev–Trinajstić information content (AvgIpc) is 3.35. The van der Waals surface area contributed by atoms with E-state index in [0.29, 0.717) is 6.54 Å². The van der Waals surface area contributed by atoms with Gasteiger partial charge in [-0.05, 0) is 45.3 Å². The van der Waals surface area contributed by atoms with Gasteiger partial charge in [0.1, 0.15) is 16.8 Å². The van der Waals surface area contributed by atoms with Crippen LogP contribution in [0, 0.1) is 0 Å². The number of aromatic nitrogens is 4. The molecule has 0 saturated carbocycles. The lowest BCUT2D eigenvalue weighted by molar-refractivity contribution is 0.379. The number of pyridine rings is 1. The van der Waals surface area contributed by atoms with Crippen molar-refractivity contribution in [1.82, 2.24) is 24.9 Å². The van der Waals surface area contributed by atoms with Crippen LogP contribution in [0.2, 0.25) is 0 Å². The van der Waals surface area contributed by atoms with Crippen molar-refractivity contribution in [3.8, 4) is 0 Å². The predicted octanol–water partition coefficient (Wildman–Crippen LogP) is 4.29. The van der Waals surface area contributed by atoms with Crippen LogP contribution >= 0.6 is 0 Å². The van der Waals surface area contributed by atoms with E-state index in [4.69, 9.17) is 9.40 Å². The normalized spacial score (nSPS) is 11.8. The summed E-state index contributed by atoms with van der Waals surface area (Å²) in [4.78, 5) is 7.04. The smallest absolute Gasteiger partial charge is 0.177 e. The van der Waals surface area contributed by atoms with Crippen molar-refractivity contribution in [3.63, 3.8) is 0 Å². The lowest BCUT2D eigenvalue weighted by Gasteiger charge is -2.09. The lowest BCUT2D eigenvalue weighted by atomic mass is 10.1. The second-order valence-electron chi connectivity index (χ2n) is 7.76. The molecule has 2 aromatic carbocycles. The maximum Gasteiger partial charge on any atom is 0.177 e. The van der Waals surface area contributed by atoms with Gasteiger partial charge < -0.3 is 14.6 Å². The summed E-state index contributed by atoms with van der Waals surface area (Å²) in [7, 11) is 4.16. The molecular weight excluding hydrogens is 376 g/mol. The van der Waals surface area contributed by atoms with Crippen LogP contribution in [-0.2, 0) is 13.1 Å². The van der Waals surface area contributed by atoms with Gasteiger partial charge in [0.15, 0.2) is 5.58 Å². The number of furan rings is 1. The van der Waals surface area contributed by atoms with E-state index >= 15 is 0 Å². The van der Waals surface area contributed by atoms with Crippen LogP contribution < -0.4 is 5.32 Å². The van der Waals surface area contributed by atoms with Gasteiger partial charge in [-0.25, -0.2) is 4.98 Å². The maximum atomic E-state index is 6.19. The number of benzene rings is 2. The number of nitrogens with zero attached hydrogens (tertiary/aromatic N) is 5. The third-order valence-corrected chi connectivity index (χ3v) is 5.23. The summed E-state index contributed by atoms with van der Waals surface area (Å²) in [6.45, 7) is 2.45. The van der Waals surface area contributed by atoms with Gasteiger partial charge in [-0.2, -0.15) is 0 Å². The Hall–Kier alpha value is -3.45. The van der Waals surface area contributed by atoms with Crippen molar-refractivity contribution in [2.45, 2.75) is 19.5 Å². The number of anilines is 1. The Morgan fingerprint density at radius 1 is 1.03 bits per heavy atom. The Kier molecular flexibility index (Phi) is 4.80. The van der Waals surface area contributed by atoms with Crippen LogP contribution in [0.15, 0.2) is 59.1 Å². The van der Waals surface area contributed by atoms with Crippen LogP contribution in [0.3, 0.4) is 0 Å². The first-order valence-electron chi connectivity index (χ1n) is 10.2. The average molecular weight is 400 g/mol. The fourth-order valence-electron chi connectivity index (χ4n) is 3.77. The monoisotopic (exact) mass is 400 g/mol. The Labute approximate surface area is 174 Å². The van der Waals surface area contributed by atoms with Crippen molar-refractivity contribution < 1.29 is 4.42 Å². The van der Waals surface area contributed by atoms with Gasteiger partial charge >= 0.3 is 0 Å². The van der Waals surface area contributed by atoms with Crippen molar-refractivity contribution in [2.24, 2.45) is 0 Å². The van der Waals surface area contributed by atoms with Gasteiger partial charge in [-0.3, -0.25) is 4.68 Å². The quantitative estimate of drug-likeness (QED) is 0.439. The zero-order valence-electron chi connectivity index (χ0n) is 17.2. The topological polar surface area (TPSA) is 72.0 Å². The van der Waals surface area contributed by atoms with E-state index in [2.05, 4.69) is 40.7 Å². The number of aryl methyl sites for hydroxylation is 1. The lowest BCUT2D eigenvalue weighted by Crippen LogP contribution is -2.15. The second kappa shape index (κ2) is 7.76. The molecule has 7 nitrogen and oxygen atoms in total. The fourth-order valence-corrected chi connectivity index (χ4v) is 3.77. The largest absolute Gasteiger partial charge is 0.452 e. The van der Waals surface area contributed by atoms with E-state index in [1.807, 2.05) is 53.3 Å². The van der Waals surface area contributed by atoms with Crippen molar-refractivity contribution in [3.05, 3.63) is 60.4 Å². The van der Waals surface area contributed by atoms with Crippen LogP contribution in [0.5, 0.6) is 0 Å². The van der Waals surface area contributed by atoms with Crippen LogP contribution in [0.25, 0.3) is 33.0 Å². The molecule has 0 saturated heterocycles. The first-order chi connectivity index (χ1) is 14.7. The Balaban J connectivity index is 1.47. The highest BCUT2D eigenvalue weighted by Gasteiger charge is 2.16. The molecule has 3 aromatic heterocycles. The summed E-state index contributed by atoms with van der Waals surface area (Å²) in [6, 6.07) is 16.1. The summed E-state index contributed by atoms with van der Waals surface area (Å²) in [5, 5.41) is 14.2. The first kappa shape index (κ1) is 18.6. The zero-order valence-corrected chi connectivity index (χ0v) is 17.2. The Morgan fingerprint density at radius 2 is 1.83 bits per heavy atom. The standard InChI is InChI=1S/C23H24N6O/c1-28(2)12-7-13-29-15-16(26-27-29)14-24-21-17-8-3-5-10-19(17)25-22-18-9-4-6-11-20(18)30-23(21)22/h3-6,8-11,15H,7,12-14H2,1-2H3,(H,24,25). The van der Waals surface area contributed by atoms with Gasteiger partial charge in [0, 0.05) is 17.3 Å². The summed E-state index contributed by atoms with van der Waals surface area (Å²) in [5.74, 6) is 0. The number of rotatable bonds is 7. The van der Waals surface area contributed by atoms with Gasteiger partial charge in [0.25, 0.3) is 0 Å². The van der Waals surface area contributed by atoms with Crippen molar-refractivity contribution >= 4 is 38.7 Å². The summed E-state index contributed by atoms with van der Waals surface area (Å²) in [5.41, 5.74) is 5.25.